The Bertz CT molecular complexity index is 314. The number of nitrogens with two attached hydrogens (primary N) is 1. The molecule has 1 aromatic rings. The quantitative estimate of drug-likeness (QED) is 0.557. The van der Waals surface area contributed by atoms with Gasteiger partial charge in [0.15, 0.2) is 0 Å². The van der Waals surface area contributed by atoms with Crippen molar-refractivity contribution in [2.75, 3.05) is 6.54 Å². The first-order chi connectivity index (χ1) is 7.11. The molecule has 0 fully saturated rings. The van der Waals surface area contributed by atoms with E-state index in [4.69, 9.17) is 10.9 Å². The number of nitrogens with zero attached hydrogens (tertiary/aromatic N) is 1. The fraction of sp³-hybridized carbons (Fsp3) is 0.364. The maximum Gasteiger partial charge on any atom is 0.322 e. The van der Waals surface area contributed by atoms with Gasteiger partial charge in [-0.2, -0.15) is 0 Å². The average Bonchev–Trinajstić information content (AvgIpc) is 2.26. The summed E-state index contributed by atoms with van der Waals surface area (Å²) in [5, 5.41) is 10.1. The molecular formula is C11H16N2O2. The molecule has 0 spiro atoms. The smallest absolute Gasteiger partial charge is 0.322 e. The van der Waals surface area contributed by atoms with E-state index in [0.29, 0.717) is 6.54 Å². The van der Waals surface area contributed by atoms with Crippen molar-refractivity contribution in [2.45, 2.75) is 19.4 Å². The van der Waals surface area contributed by atoms with Gasteiger partial charge in [0, 0.05) is 6.54 Å². The highest BCUT2D eigenvalue weighted by Gasteiger charge is 2.16. The summed E-state index contributed by atoms with van der Waals surface area (Å²) in [7, 11) is 0. The van der Waals surface area contributed by atoms with Gasteiger partial charge in [0.05, 0.1) is 0 Å². The van der Waals surface area contributed by atoms with Crippen LogP contribution in [0, 0.1) is 0 Å². The minimum absolute atomic E-state index is 0.539. The largest absolute Gasteiger partial charge is 0.480 e. The van der Waals surface area contributed by atoms with E-state index >= 15 is 0 Å². The van der Waals surface area contributed by atoms with Crippen molar-refractivity contribution in [2.24, 2.45) is 5.84 Å². The Hall–Kier alpha value is -1.39. The molecule has 0 saturated heterocycles. The van der Waals surface area contributed by atoms with E-state index in [1.165, 1.54) is 5.01 Å². The Morgan fingerprint density at radius 2 is 2.07 bits per heavy atom. The molecule has 0 radical (unpaired) electrons. The maximum absolute atomic E-state index is 10.6. The number of carboxylic acid groups (broad SMARTS) is 1. The molecule has 0 bridgehead atoms. The van der Waals surface area contributed by atoms with Crippen LogP contribution in [0.25, 0.3) is 0 Å². The van der Waals surface area contributed by atoms with E-state index in [0.717, 1.165) is 12.0 Å². The Morgan fingerprint density at radius 3 is 2.60 bits per heavy atom. The fourth-order valence-corrected chi connectivity index (χ4v) is 1.24. The highest BCUT2D eigenvalue weighted by atomic mass is 16.4. The van der Waals surface area contributed by atoms with Crippen molar-refractivity contribution in [3.63, 3.8) is 0 Å². The molecule has 4 nitrogen and oxygen atoms in total. The predicted octanol–water partition coefficient (Wildman–Crippen LogP) is 0.878. The number of hydrogen-bond acceptors (Lipinski definition) is 3. The number of hydrogen-bond donors (Lipinski definition) is 2. The third-order valence-corrected chi connectivity index (χ3v) is 2.36. The van der Waals surface area contributed by atoms with Crippen molar-refractivity contribution in [3.8, 4) is 0 Å². The number of hydrazine groups is 1. The van der Waals surface area contributed by atoms with Crippen LogP contribution in [0.2, 0.25) is 0 Å². The van der Waals surface area contributed by atoms with E-state index in [-0.39, 0.29) is 0 Å². The normalized spacial score (nSPS) is 12.7. The number of benzene rings is 1. The van der Waals surface area contributed by atoms with Crippen molar-refractivity contribution < 1.29 is 9.90 Å². The molecule has 0 aromatic heterocycles. The molecule has 1 atom stereocenters. The Labute approximate surface area is 89.3 Å². The minimum Gasteiger partial charge on any atom is -0.480 e. The molecule has 0 amide bonds. The molecule has 1 aromatic carbocycles. The topological polar surface area (TPSA) is 66.6 Å². The summed E-state index contributed by atoms with van der Waals surface area (Å²) in [5.74, 6) is 4.72. The second kappa shape index (κ2) is 5.48. The lowest BCUT2D eigenvalue weighted by Gasteiger charge is -2.20. The molecule has 15 heavy (non-hydrogen) atoms. The van der Waals surface area contributed by atoms with Gasteiger partial charge in [-0.3, -0.25) is 10.6 Å². The van der Waals surface area contributed by atoms with Crippen molar-refractivity contribution >= 4 is 5.97 Å². The average molecular weight is 208 g/mol. The molecule has 0 unspecified atom stereocenters. The summed E-state index contributed by atoms with van der Waals surface area (Å²) < 4.78 is 0. The fourth-order valence-electron chi connectivity index (χ4n) is 1.24. The van der Waals surface area contributed by atoms with Crippen LogP contribution >= 0.6 is 0 Å². The van der Waals surface area contributed by atoms with Crippen LogP contribution in [-0.2, 0) is 11.2 Å². The molecule has 4 heteroatoms. The van der Waals surface area contributed by atoms with Gasteiger partial charge in [0.1, 0.15) is 6.04 Å². The van der Waals surface area contributed by atoms with Crippen LogP contribution in [0.4, 0.5) is 0 Å². The molecule has 3 N–H and O–H groups in total. The lowest BCUT2D eigenvalue weighted by molar-refractivity contribution is -0.142. The van der Waals surface area contributed by atoms with Gasteiger partial charge in [-0.15, -0.1) is 0 Å². The zero-order valence-electron chi connectivity index (χ0n) is 8.76. The zero-order valence-corrected chi connectivity index (χ0v) is 8.76. The third-order valence-electron chi connectivity index (χ3n) is 2.36. The van der Waals surface area contributed by atoms with E-state index in [1.54, 1.807) is 6.92 Å². The summed E-state index contributed by atoms with van der Waals surface area (Å²) >= 11 is 0. The van der Waals surface area contributed by atoms with E-state index in [1.807, 2.05) is 30.3 Å². The summed E-state index contributed by atoms with van der Waals surface area (Å²) in [6, 6.07) is 9.21. The Kier molecular flexibility index (Phi) is 4.27. The first-order valence-corrected chi connectivity index (χ1v) is 4.89. The minimum atomic E-state index is -0.898. The maximum atomic E-state index is 10.6. The van der Waals surface area contributed by atoms with E-state index in [9.17, 15) is 4.79 Å². The van der Waals surface area contributed by atoms with Gasteiger partial charge in [-0.1, -0.05) is 30.3 Å². The lowest BCUT2D eigenvalue weighted by atomic mass is 10.1. The number of carbonyl (C=O) groups is 1. The molecule has 0 aliphatic rings. The zero-order chi connectivity index (χ0) is 11.3. The standard InChI is InChI=1S/C11H16N2O2/c1-9(11(14)15)13(12)8-7-10-5-3-2-4-6-10/h2-6,9H,7-8,12H2,1H3,(H,14,15)/t9-/m0/s1. The molecular weight excluding hydrogens is 192 g/mol. The molecule has 1 rings (SSSR count). The van der Waals surface area contributed by atoms with E-state index in [2.05, 4.69) is 0 Å². The molecule has 0 aliphatic carbocycles. The summed E-state index contributed by atoms with van der Waals surface area (Å²) in [6.45, 7) is 2.12. The predicted molar refractivity (Wildman–Crippen MR) is 58.1 cm³/mol. The van der Waals surface area contributed by atoms with E-state index < -0.39 is 12.0 Å². The number of aliphatic carboxylic acids is 1. The summed E-state index contributed by atoms with van der Waals surface area (Å²) in [6.07, 6.45) is 0.759. The second-order valence-electron chi connectivity index (χ2n) is 3.49. The van der Waals surface area contributed by atoms with Crippen LogP contribution in [-0.4, -0.2) is 28.7 Å². The van der Waals surface area contributed by atoms with Crippen LogP contribution in [0.5, 0.6) is 0 Å². The van der Waals surface area contributed by atoms with Crippen LogP contribution < -0.4 is 5.84 Å². The molecule has 82 valence electrons. The van der Waals surface area contributed by atoms with Gasteiger partial charge in [-0.05, 0) is 18.9 Å². The Morgan fingerprint density at radius 1 is 1.47 bits per heavy atom. The number of carboxylic acids is 1. The monoisotopic (exact) mass is 208 g/mol. The van der Waals surface area contributed by atoms with Gasteiger partial charge in [0.2, 0.25) is 0 Å². The SMILES string of the molecule is C[C@@H](C(=O)O)N(N)CCc1ccccc1. The lowest BCUT2D eigenvalue weighted by Crippen LogP contribution is -2.45. The van der Waals surface area contributed by atoms with Gasteiger partial charge >= 0.3 is 5.97 Å². The molecule has 0 heterocycles. The van der Waals surface area contributed by atoms with Gasteiger partial charge in [0.25, 0.3) is 0 Å². The summed E-state index contributed by atoms with van der Waals surface area (Å²) in [4.78, 5) is 10.6. The number of rotatable bonds is 5. The summed E-state index contributed by atoms with van der Waals surface area (Å²) in [5.41, 5.74) is 1.16. The molecule has 0 saturated carbocycles. The first kappa shape index (κ1) is 11.7. The highest BCUT2D eigenvalue weighted by Crippen LogP contribution is 2.01. The molecule has 0 aliphatic heterocycles. The van der Waals surface area contributed by atoms with Crippen molar-refractivity contribution in [1.82, 2.24) is 5.01 Å². The highest BCUT2D eigenvalue weighted by molar-refractivity contribution is 5.72. The van der Waals surface area contributed by atoms with Gasteiger partial charge in [-0.25, -0.2) is 5.01 Å². The Balaban J connectivity index is 2.41. The second-order valence-corrected chi connectivity index (χ2v) is 3.49. The van der Waals surface area contributed by atoms with Crippen LogP contribution in [0.1, 0.15) is 12.5 Å². The third kappa shape index (κ3) is 3.69. The van der Waals surface area contributed by atoms with Crippen LogP contribution in [0.3, 0.4) is 0 Å². The van der Waals surface area contributed by atoms with Crippen LogP contribution in [0.15, 0.2) is 30.3 Å². The van der Waals surface area contributed by atoms with Gasteiger partial charge < -0.3 is 5.11 Å². The van der Waals surface area contributed by atoms with Crippen molar-refractivity contribution in [1.29, 1.82) is 0 Å². The van der Waals surface area contributed by atoms with Crippen molar-refractivity contribution in [3.05, 3.63) is 35.9 Å². The first-order valence-electron chi connectivity index (χ1n) is 4.89.